The topological polar surface area (TPSA) is 85.3 Å². The van der Waals surface area contributed by atoms with Gasteiger partial charge in [0.15, 0.2) is 6.61 Å². The Morgan fingerprint density at radius 3 is 2.38 bits per heavy atom. The van der Waals surface area contributed by atoms with Crippen LogP contribution in [0.5, 0.6) is 5.75 Å². The third kappa shape index (κ3) is 4.74. The van der Waals surface area contributed by atoms with Crippen LogP contribution in [0.2, 0.25) is 0 Å². The van der Waals surface area contributed by atoms with Crippen molar-refractivity contribution in [2.45, 2.75) is 40.7 Å². The van der Waals surface area contributed by atoms with Crippen molar-refractivity contribution in [3.63, 3.8) is 0 Å². The fraction of sp³-hybridized carbons (Fsp3) is 0.318. The fourth-order valence-electron chi connectivity index (χ4n) is 3.46. The second-order valence-electron chi connectivity index (χ2n) is 7.07. The molecule has 2 amide bonds. The highest BCUT2D eigenvalue weighted by Gasteiger charge is 2.13. The average Bonchev–Trinajstić information content (AvgIpc) is 3.03. The summed E-state index contributed by atoms with van der Waals surface area (Å²) in [4.78, 5) is 29.0. The van der Waals surface area contributed by atoms with Crippen LogP contribution in [0.25, 0.3) is 11.0 Å². The molecule has 0 atom stereocenters. The number of benzene rings is 2. The zero-order valence-corrected chi connectivity index (χ0v) is 17.2. The molecule has 0 unspecified atom stereocenters. The minimum absolute atomic E-state index is 0.0704. The molecule has 0 bridgehead atoms. The Labute approximate surface area is 170 Å². The number of fused-ring (bicyclic) bond motifs is 1. The summed E-state index contributed by atoms with van der Waals surface area (Å²) in [5.74, 6) is 0.749. The number of para-hydroxylation sites is 2. The molecule has 0 saturated heterocycles. The van der Waals surface area contributed by atoms with Gasteiger partial charge in [-0.25, -0.2) is 4.98 Å². The minimum atomic E-state index is -0.427. The number of nitrogens with zero attached hydrogens (tertiary/aromatic N) is 2. The molecule has 0 saturated carbocycles. The van der Waals surface area contributed by atoms with Gasteiger partial charge in [-0.15, -0.1) is 0 Å². The third-order valence-corrected chi connectivity index (χ3v) is 4.65. The molecular weight excluding hydrogens is 368 g/mol. The maximum absolute atomic E-state index is 12.3. The first-order chi connectivity index (χ1) is 13.9. The van der Waals surface area contributed by atoms with Gasteiger partial charge in [0, 0.05) is 6.42 Å². The van der Waals surface area contributed by atoms with E-state index in [1.54, 1.807) is 0 Å². The summed E-state index contributed by atoms with van der Waals surface area (Å²) in [6.07, 6.45) is 0.706. The number of amides is 2. The van der Waals surface area contributed by atoms with E-state index in [4.69, 9.17) is 4.74 Å². The molecular formula is C22H26N4O3. The number of aryl methyl sites for hydroxylation is 4. The Kier molecular flexibility index (Phi) is 6.16. The molecule has 152 valence electrons. The number of hydrogen-bond acceptors (Lipinski definition) is 4. The molecule has 0 aliphatic rings. The first-order valence-electron chi connectivity index (χ1n) is 9.61. The number of nitrogens with one attached hydrogen (secondary N) is 2. The van der Waals surface area contributed by atoms with Crippen LogP contribution >= 0.6 is 0 Å². The molecule has 0 aliphatic heterocycles. The normalized spacial score (nSPS) is 10.8. The molecule has 3 rings (SSSR count). The lowest BCUT2D eigenvalue weighted by molar-refractivity contribution is -0.130. The SMILES string of the molecule is CCc1nc2ccccc2n1CC(=O)NNC(=O)COc1c(C)cc(C)cc1C. The van der Waals surface area contributed by atoms with E-state index in [-0.39, 0.29) is 19.1 Å². The maximum Gasteiger partial charge on any atom is 0.276 e. The zero-order valence-electron chi connectivity index (χ0n) is 17.2. The summed E-state index contributed by atoms with van der Waals surface area (Å²) in [5.41, 5.74) is 9.66. The van der Waals surface area contributed by atoms with Crippen molar-refractivity contribution < 1.29 is 14.3 Å². The third-order valence-electron chi connectivity index (χ3n) is 4.65. The van der Waals surface area contributed by atoms with Gasteiger partial charge >= 0.3 is 0 Å². The molecule has 7 nitrogen and oxygen atoms in total. The zero-order chi connectivity index (χ0) is 21.0. The number of carbonyl (C=O) groups is 2. The Bertz CT molecular complexity index is 1030. The lowest BCUT2D eigenvalue weighted by Gasteiger charge is -2.14. The van der Waals surface area contributed by atoms with E-state index in [1.807, 2.05) is 68.7 Å². The highest BCUT2D eigenvalue weighted by molar-refractivity contribution is 5.84. The van der Waals surface area contributed by atoms with Gasteiger partial charge in [0.05, 0.1) is 11.0 Å². The number of hydrogen-bond donors (Lipinski definition) is 2. The lowest BCUT2D eigenvalue weighted by Crippen LogP contribution is -2.45. The van der Waals surface area contributed by atoms with Crippen molar-refractivity contribution in [3.8, 4) is 5.75 Å². The summed E-state index contributed by atoms with van der Waals surface area (Å²) in [6, 6.07) is 11.7. The van der Waals surface area contributed by atoms with E-state index in [2.05, 4.69) is 15.8 Å². The number of carbonyl (C=O) groups excluding carboxylic acids is 2. The van der Waals surface area contributed by atoms with E-state index < -0.39 is 5.91 Å². The van der Waals surface area contributed by atoms with Gasteiger partial charge in [-0.1, -0.05) is 36.8 Å². The molecule has 3 aromatic rings. The Hall–Kier alpha value is -3.35. The standard InChI is InChI=1S/C22H26N4O3/c1-5-19-23-17-8-6-7-9-18(17)26(19)12-20(27)24-25-21(28)13-29-22-15(3)10-14(2)11-16(22)4/h6-11H,5,12-13H2,1-4H3,(H,24,27)(H,25,28). The van der Waals surface area contributed by atoms with Gasteiger partial charge in [0.2, 0.25) is 0 Å². The summed E-state index contributed by atoms with van der Waals surface area (Å²) >= 11 is 0. The quantitative estimate of drug-likeness (QED) is 0.630. The van der Waals surface area contributed by atoms with Crippen molar-refractivity contribution in [2.24, 2.45) is 0 Å². The largest absolute Gasteiger partial charge is 0.483 e. The Balaban J connectivity index is 1.56. The number of hydrazine groups is 1. The van der Waals surface area contributed by atoms with Gasteiger partial charge < -0.3 is 9.30 Å². The van der Waals surface area contributed by atoms with Crippen LogP contribution in [-0.4, -0.2) is 28.0 Å². The second-order valence-corrected chi connectivity index (χ2v) is 7.07. The van der Waals surface area contributed by atoms with E-state index >= 15 is 0 Å². The lowest BCUT2D eigenvalue weighted by atomic mass is 10.1. The van der Waals surface area contributed by atoms with Gasteiger partial charge in [-0.2, -0.15) is 0 Å². The Morgan fingerprint density at radius 1 is 1.03 bits per heavy atom. The van der Waals surface area contributed by atoms with Crippen LogP contribution in [0.3, 0.4) is 0 Å². The molecule has 1 heterocycles. The van der Waals surface area contributed by atoms with Gasteiger partial charge in [-0.3, -0.25) is 20.4 Å². The molecule has 0 fully saturated rings. The van der Waals surface area contributed by atoms with Crippen LogP contribution in [0, 0.1) is 20.8 Å². The molecule has 2 aromatic carbocycles. The smallest absolute Gasteiger partial charge is 0.276 e. The molecule has 0 aliphatic carbocycles. The van der Waals surface area contributed by atoms with Gasteiger partial charge in [0.1, 0.15) is 18.1 Å². The molecule has 1 aromatic heterocycles. The summed E-state index contributed by atoms with van der Waals surface area (Å²) in [5, 5.41) is 0. The Morgan fingerprint density at radius 2 is 1.69 bits per heavy atom. The molecule has 0 spiro atoms. The van der Waals surface area contributed by atoms with Gasteiger partial charge in [0.25, 0.3) is 11.8 Å². The summed E-state index contributed by atoms with van der Waals surface area (Å²) < 4.78 is 7.49. The predicted octanol–water partition coefficient (Wildman–Crippen LogP) is 2.75. The van der Waals surface area contributed by atoms with Crippen molar-refractivity contribution in [1.29, 1.82) is 0 Å². The van der Waals surface area contributed by atoms with Crippen molar-refractivity contribution in [2.75, 3.05) is 6.61 Å². The second kappa shape index (κ2) is 8.77. The highest BCUT2D eigenvalue weighted by atomic mass is 16.5. The number of ether oxygens (including phenoxy) is 1. The number of imidazole rings is 1. The number of rotatable bonds is 6. The number of aromatic nitrogens is 2. The van der Waals surface area contributed by atoms with Crippen LogP contribution in [-0.2, 0) is 22.6 Å². The summed E-state index contributed by atoms with van der Waals surface area (Å²) in [6.45, 7) is 7.77. The van der Waals surface area contributed by atoms with Crippen LogP contribution in [0.4, 0.5) is 0 Å². The maximum atomic E-state index is 12.3. The van der Waals surface area contributed by atoms with Crippen LogP contribution < -0.4 is 15.6 Å². The molecule has 29 heavy (non-hydrogen) atoms. The van der Waals surface area contributed by atoms with Crippen LogP contribution in [0.15, 0.2) is 36.4 Å². The van der Waals surface area contributed by atoms with Crippen LogP contribution in [0.1, 0.15) is 29.4 Å². The van der Waals surface area contributed by atoms with Gasteiger partial charge in [-0.05, 0) is 44.0 Å². The van der Waals surface area contributed by atoms with E-state index in [9.17, 15) is 9.59 Å². The average molecular weight is 394 g/mol. The first-order valence-corrected chi connectivity index (χ1v) is 9.61. The molecule has 0 radical (unpaired) electrons. The minimum Gasteiger partial charge on any atom is -0.483 e. The van der Waals surface area contributed by atoms with E-state index in [1.165, 1.54) is 0 Å². The highest BCUT2D eigenvalue weighted by Crippen LogP contribution is 2.24. The van der Waals surface area contributed by atoms with Crippen molar-refractivity contribution in [3.05, 3.63) is 58.9 Å². The molecule has 7 heteroatoms. The fourth-order valence-corrected chi connectivity index (χ4v) is 3.46. The van der Waals surface area contributed by atoms with Crippen molar-refractivity contribution in [1.82, 2.24) is 20.4 Å². The first kappa shape index (κ1) is 20.4. The van der Waals surface area contributed by atoms with Crippen molar-refractivity contribution >= 4 is 22.8 Å². The molecule has 2 N–H and O–H groups in total. The monoisotopic (exact) mass is 394 g/mol. The predicted molar refractivity (Wildman–Crippen MR) is 112 cm³/mol. The van der Waals surface area contributed by atoms with E-state index in [0.717, 1.165) is 33.5 Å². The van der Waals surface area contributed by atoms with E-state index in [0.29, 0.717) is 12.2 Å². The summed E-state index contributed by atoms with van der Waals surface area (Å²) in [7, 11) is 0.